The van der Waals surface area contributed by atoms with Gasteiger partial charge >= 0.3 is 31.4 Å². The third kappa shape index (κ3) is 15.4. The Kier molecular flexibility index (Phi) is 19.8. The van der Waals surface area contributed by atoms with E-state index >= 15 is 0 Å². The van der Waals surface area contributed by atoms with Gasteiger partial charge in [0.05, 0.1) is 61.6 Å². The number of fused-ring (bicyclic) bond motifs is 1. The van der Waals surface area contributed by atoms with Crippen LogP contribution in [-0.2, 0) is 55.2 Å². The number of carboxylic acids is 1. The van der Waals surface area contributed by atoms with Crippen LogP contribution in [0.15, 0.2) is 81.5 Å². The normalized spacial score (nSPS) is 11.9. The van der Waals surface area contributed by atoms with Gasteiger partial charge in [-0.1, -0.05) is 48.3 Å². The van der Waals surface area contributed by atoms with Gasteiger partial charge < -0.3 is 38.6 Å². The van der Waals surface area contributed by atoms with Crippen molar-refractivity contribution in [1.29, 1.82) is 0 Å². The van der Waals surface area contributed by atoms with Crippen LogP contribution in [0.25, 0.3) is 11.5 Å². The smallest absolute Gasteiger partial charge is 0.431 e. The molecule has 0 aliphatic rings. The fraction of sp³-hybridized carbons (Fsp3) is 0.310. The third-order valence-corrected chi connectivity index (χ3v) is 12.1. The molecule has 6 aromatic rings. The number of halogens is 5. The van der Waals surface area contributed by atoms with Crippen LogP contribution in [-0.4, -0.2) is 104 Å². The van der Waals surface area contributed by atoms with Crippen molar-refractivity contribution in [2.75, 3.05) is 38.9 Å². The summed E-state index contributed by atoms with van der Waals surface area (Å²) in [5.74, 6) is -0.443. The average molecular weight is 1090 g/mol. The minimum Gasteiger partial charge on any atom is -0.489 e. The van der Waals surface area contributed by atoms with E-state index in [0.717, 1.165) is 23.5 Å². The highest BCUT2D eigenvalue weighted by molar-refractivity contribution is 7.92. The molecule has 0 aliphatic carbocycles. The number of nitrogens with zero attached hydrogens (tertiary/aromatic N) is 6. The van der Waals surface area contributed by atoms with Crippen molar-refractivity contribution >= 4 is 64.2 Å². The van der Waals surface area contributed by atoms with Gasteiger partial charge in [0, 0.05) is 18.7 Å². The molecule has 0 bridgehead atoms. The molecule has 1 unspecified atom stereocenters. The molecule has 5 N–H and O–H groups in total. The lowest BCUT2D eigenvalue weighted by Gasteiger charge is -2.17. The Morgan fingerprint density at radius 1 is 0.958 bits per heavy atom. The summed E-state index contributed by atoms with van der Waals surface area (Å²) in [5, 5.41) is 13.8. The van der Waals surface area contributed by atoms with E-state index in [2.05, 4.69) is 25.1 Å². The topological polar surface area (TPSA) is 303 Å². The fourth-order valence-corrected chi connectivity index (χ4v) is 7.79. The first kappa shape index (κ1) is 57.8. The maximum Gasteiger partial charge on any atom is 0.431 e. The van der Waals surface area contributed by atoms with E-state index in [9.17, 15) is 45.3 Å². The molecule has 0 amide bonds. The molecule has 0 spiro atoms. The molecule has 72 heavy (non-hydrogen) atoms. The third-order valence-electron chi connectivity index (χ3n) is 9.49. The van der Waals surface area contributed by atoms with Crippen molar-refractivity contribution in [3.8, 4) is 28.9 Å². The number of esters is 1. The van der Waals surface area contributed by atoms with Crippen LogP contribution >= 0.6 is 30.8 Å². The van der Waals surface area contributed by atoms with Crippen LogP contribution in [0.3, 0.4) is 0 Å². The molecular weight excluding hydrogens is 1050 g/mol. The summed E-state index contributed by atoms with van der Waals surface area (Å²) in [6.07, 6.45) is -5.51. The number of rotatable bonds is 17. The number of benzene rings is 3. The number of nitrogens with one attached hydrogen (secondary N) is 2. The van der Waals surface area contributed by atoms with E-state index in [1.165, 1.54) is 57.7 Å². The Labute approximate surface area is 417 Å². The SMILES string of the molecule is CCc1ccc(COc2ccc(-n3c(=O)cc(C(F)(F)F)n(C)c3=O)cc2)c(OC(C)C(=O)OC)c1.COc1cc(OC)n2nc(S(=O)(=O)Nc3c(Cl)ccc(C)c3Cl)nc2n1.O=C(O)CNCP(=O)(O)O. The highest BCUT2D eigenvalue weighted by Gasteiger charge is 2.35. The van der Waals surface area contributed by atoms with Gasteiger partial charge in [-0.2, -0.15) is 36.1 Å². The quantitative estimate of drug-likeness (QED) is 0.0593. The van der Waals surface area contributed by atoms with Gasteiger partial charge in [-0.3, -0.25) is 28.8 Å². The Balaban J connectivity index is 0.000000271. The first-order chi connectivity index (χ1) is 33.6. The van der Waals surface area contributed by atoms with Crippen molar-refractivity contribution in [1.82, 2.24) is 34.0 Å². The number of methoxy groups -OCH3 is 3. The number of anilines is 1. The highest BCUT2D eigenvalue weighted by Crippen LogP contribution is 2.35. The summed E-state index contributed by atoms with van der Waals surface area (Å²) in [7, 11) is -3.25. The lowest BCUT2D eigenvalue weighted by molar-refractivity contribution is -0.148. The molecule has 3 heterocycles. The van der Waals surface area contributed by atoms with Crippen LogP contribution in [0.5, 0.6) is 23.3 Å². The minimum absolute atomic E-state index is 0.0111. The Hall–Kier alpha value is -6.74. The summed E-state index contributed by atoms with van der Waals surface area (Å²) < 4.78 is 106. The Morgan fingerprint density at radius 2 is 1.62 bits per heavy atom. The lowest BCUT2D eigenvalue weighted by atomic mass is 10.1. The number of aliphatic carboxylic acids is 1. The second kappa shape index (κ2) is 24.6. The van der Waals surface area contributed by atoms with Crippen LogP contribution in [0, 0.1) is 6.92 Å². The van der Waals surface area contributed by atoms with Gasteiger partial charge in [-0.15, -0.1) is 5.10 Å². The second-order valence-electron chi connectivity index (χ2n) is 14.7. The Morgan fingerprint density at radius 3 is 2.19 bits per heavy atom. The zero-order valence-corrected chi connectivity index (χ0v) is 42.1. The van der Waals surface area contributed by atoms with Crippen LogP contribution in [0.2, 0.25) is 10.0 Å². The number of alkyl halides is 3. The van der Waals surface area contributed by atoms with Crippen molar-refractivity contribution in [2.45, 2.75) is 51.2 Å². The first-order valence-electron chi connectivity index (χ1n) is 20.4. The molecule has 1 atom stereocenters. The zero-order valence-electron chi connectivity index (χ0n) is 38.9. The number of sulfonamides is 1. The van der Waals surface area contributed by atoms with E-state index in [1.54, 1.807) is 19.9 Å². The van der Waals surface area contributed by atoms with Gasteiger partial charge in [0.2, 0.25) is 11.8 Å². The maximum atomic E-state index is 13.1. The molecule has 23 nitrogen and oxygen atoms in total. The standard InChI is InChI=1S/C25H25F3N2O6.C14H13Cl2N5O4S.C3H8NO5P/c1-5-16-6-7-17(20(12-16)36-15(2)23(32)34-4)14-35-19-10-8-18(9-11-19)30-22(31)13-21(25(26,27)28)29(3)24(30)33;1-7-4-5-8(15)12(11(7)16)20-26(22,23)14-18-13-17-9(24-2)6-10(25-3)21(13)19-14;5-3(6)1-4-2-10(7,8)9/h6-13,15H,5,14H2,1-4H3;4-6,20H,1-3H3;4H,1-2H2,(H,5,6)(H2,7,8,9). The van der Waals surface area contributed by atoms with Crippen molar-refractivity contribution in [3.63, 3.8) is 0 Å². The van der Waals surface area contributed by atoms with E-state index in [4.69, 9.17) is 61.8 Å². The van der Waals surface area contributed by atoms with Gasteiger partial charge in [0.25, 0.3) is 26.5 Å². The van der Waals surface area contributed by atoms with Crippen molar-refractivity contribution in [2.24, 2.45) is 7.05 Å². The van der Waals surface area contributed by atoms with Crippen molar-refractivity contribution < 1.29 is 74.3 Å². The van der Waals surface area contributed by atoms with Crippen LogP contribution < -0.4 is 40.2 Å². The largest absolute Gasteiger partial charge is 0.489 e. The predicted molar refractivity (Wildman–Crippen MR) is 253 cm³/mol. The number of hydrogen-bond acceptors (Lipinski definition) is 16. The number of hydrogen-bond donors (Lipinski definition) is 5. The summed E-state index contributed by atoms with van der Waals surface area (Å²) in [6, 6.07) is 16.3. The molecule has 6 rings (SSSR count). The molecule has 390 valence electrons. The zero-order chi connectivity index (χ0) is 53.9. The molecular formula is C42H46Cl2F3N8O15PS. The summed E-state index contributed by atoms with van der Waals surface area (Å²) in [5.41, 5.74) is -1.10. The summed E-state index contributed by atoms with van der Waals surface area (Å²) in [4.78, 5) is 70.6. The fourth-order valence-electron chi connectivity index (χ4n) is 5.85. The maximum absolute atomic E-state index is 13.1. The minimum atomic E-state index is -4.84. The van der Waals surface area contributed by atoms with E-state index in [-0.39, 0.29) is 45.6 Å². The van der Waals surface area contributed by atoms with Gasteiger partial charge in [0.1, 0.15) is 23.8 Å². The number of aryl methyl sites for hydroxylation is 2. The molecule has 0 aliphatic heterocycles. The van der Waals surface area contributed by atoms with Crippen LogP contribution in [0.4, 0.5) is 18.9 Å². The second-order valence-corrected chi connectivity index (χ2v) is 18.7. The summed E-state index contributed by atoms with van der Waals surface area (Å²) >= 11 is 12.2. The first-order valence-corrected chi connectivity index (χ1v) is 24.5. The number of aromatic nitrogens is 6. The highest BCUT2D eigenvalue weighted by atomic mass is 35.5. The average Bonchev–Trinajstić information content (AvgIpc) is 3.77. The lowest BCUT2D eigenvalue weighted by Crippen LogP contribution is -2.40. The number of carbonyl (C=O) groups excluding carboxylic acids is 1. The number of ether oxygens (including phenoxy) is 5. The molecule has 3 aromatic carbocycles. The van der Waals surface area contributed by atoms with Crippen LogP contribution in [0.1, 0.15) is 36.2 Å². The molecule has 0 saturated heterocycles. The molecule has 30 heteroatoms. The van der Waals surface area contributed by atoms with Gasteiger partial charge in [0.15, 0.2) is 6.10 Å². The van der Waals surface area contributed by atoms with E-state index in [1.807, 2.05) is 25.1 Å². The van der Waals surface area contributed by atoms with Gasteiger partial charge in [-0.25, -0.2) is 14.2 Å². The number of carbonyl (C=O) groups is 2. The number of carboxylic acid groups (broad SMARTS) is 1. The Bertz CT molecular complexity index is 3210. The van der Waals surface area contributed by atoms with Crippen molar-refractivity contribution in [3.05, 3.63) is 120 Å². The molecule has 3 aromatic heterocycles. The molecule has 0 fully saturated rings. The monoisotopic (exact) mass is 1090 g/mol. The molecule has 0 radical (unpaired) electrons. The van der Waals surface area contributed by atoms with E-state index < -0.39 is 76.8 Å². The van der Waals surface area contributed by atoms with E-state index in [0.29, 0.717) is 37.8 Å². The molecule has 0 saturated carbocycles. The summed E-state index contributed by atoms with van der Waals surface area (Å²) in [6.45, 7) is 4.91. The predicted octanol–water partition coefficient (Wildman–Crippen LogP) is 4.99. The van der Waals surface area contributed by atoms with Gasteiger partial charge in [-0.05, 0) is 67.8 Å².